The van der Waals surface area contributed by atoms with Gasteiger partial charge in [-0.25, -0.2) is 5.43 Å². The highest BCUT2D eigenvalue weighted by Gasteiger charge is 2.16. The van der Waals surface area contributed by atoms with E-state index in [9.17, 15) is 20.0 Å². The summed E-state index contributed by atoms with van der Waals surface area (Å²) in [5.74, 6) is -0.571. The summed E-state index contributed by atoms with van der Waals surface area (Å²) in [5.41, 5.74) is 1.92. The molecule has 0 saturated heterocycles. The van der Waals surface area contributed by atoms with Crippen LogP contribution in [0.1, 0.15) is 5.56 Å². The predicted molar refractivity (Wildman–Crippen MR) is 112 cm³/mol. The van der Waals surface area contributed by atoms with Gasteiger partial charge < -0.3 is 14.6 Å². The second-order valence-electron chi connectivity index (χ2n) is 5.12. The van der Waals surface area contributed by atoms with Crippen LogP contribution in [0, 0.1) is 10.1 Å². The molecule has 2 aromatic rings. The summed E-state index contributed by atoms with van der Waals surface area (Å²) in [6.07, 6.45) is 1.06. The first-order chi connectivity index (χ1) is 13.2. The number of phenolic OH excluding ortho intramolecular Hbond substituents is 1. The maximum absolute atomic E-state index is 11.9. The Morgan fingerprint density at radius 2 is 1.93 bits per heavy atom. The number of amides is 1. The Labute approximate surface area is 184 Å². The van der Waals surface area contributed by atoms with E-state index in [1.165, 1.54) is 7.11 Å². The fourth-order valence-corrected chi connectivity index (χ4v) is 4.47. The van der Waals surface area contributed by atoms with Crippen LogP contribution >= 0.6 is 47.8 Å². The molecule has 2 rings (SSSR count). The Morgan fingerprint density at radius 3 is 2.50 bits per heavy atom. The number of halogens is 3. The number of hydrogen-bond donors (Lipinski definition) is 2. The van der Waals surface area contributed by atoms with E-state index in [1.807, 2.05) is 0 Å². The van der Waals surface area contributed by atoms with Gasteiger partial charge in [-0.05, 0) is 44.0 Å². The summed E-state index contributed by atoms with van der Waals surface area (Å²) < 4.78 is 12.4. The molecular formula is C16H12Br3N3O6. The Kier molecular flexibility index (Phi) is 7.78. The lowest BCUT2D eigenvalue weighted by Crippen LogP contribution is -2.24. The number of carbonyl (C=O) groups excluding carboxylic acids is 1. The number of non-ortho nitro benzene ring substituents is 1. The van der Waals surface area contributed by atoms with E-state index in [0.717, 1.165) is 22.8 Å². The number of rotatable bonds is 7. The number of phenols is 1. The summed E-state index contributed by atoms with van der Waals surface area (Å²) in [6.45, 7) is -0.333. The molecule has 28 heavy (non-hydrogen) atoms. The standard InChI is InChI=1S/C16H12Br3N3O6/c1-27-13-5-10(22(25)26)2-8(15(13)24)6-20-21-14(23)7-28-16-11(18)3-9(17)4-12(16)19/h2-6,24H,7H2,1H3,(H,21,23)/b20-6-. The smallest absolute Gasteiger partial charge is 0.277 e. The third kappa shape index (κ3) is 5.66. The molecule has 12 heteroatoms. The van der Waals surface area contributed by atoms with Crippen molar-refractivity contribution in [3.05, 3.63) is 53.4 Å². The van der Waals surface area contributed by atoms with Gasteiger partial charge in [-0.3, -0.25) is 14.9 Å². The van der Waals surface area contributed by atoms with Crippen molar-refractivity contribution in [2.45, 2.75) is 0 Å². The zero-order chi connectivity index (χ0) is 20.8. The normalized spacial score (nSPS) is 10.7. The van der Waals surface area contributed by atoms with Crippen LogP contribution in [0.3, 0.4) is 0 Å². The van der Waals surface area contributed by atoms with Crippen LogP contribution in [-0.4, -0.2) is 35.9 Å². The fourth-order valence-electron chi connectivity index (χ4n) is 1.98. The molecule has 0 unspecified atom stereocenters. The van der Waals surface area contributed by atoms with E-state index >= 15 is 0 Å². The lowest BCUT2D eigenvalue weighted by atomic mass is 10.2. The number of nitro groups is 1. The van der Waals surface area contributed by atoms with Gasteiger partial charge in [0.05, 0.1) is 33.3 Å². The maximum atomic E-state index is 11.9. The van der Waals surface area contributed by atoms with E-state index in [0.29, 0.717) is 14.7 Å². The highest BCUT2D eigenvalue weighted by molar-refractivity contribution is 9.11. The molecule has 0 atom stereocenters. The SMILES string of the molecule is COc1cc([N+](=O)[O-])cc(/C=N\NC(=O)COc2c(Br)cc(Br)cc2Br)c1O. The van der Waals surface area contributed by atoms with Crippen LogP contribution in [0.5, 0.6) is 17.2 Å². The Bertz CT molecular complexity index is 928. The quantitative estimate of drug-likeness (QED) is 0.288. The topological polar surface area (TPSA) is 123 Å². The molecule has 0 aliphatic carbocycles. The highest BCUT2D eigenvalue weighted by Crippen LogP contribution is 2.36. The number of nitrogens with one attached hydrogen (secondary N) is 1. The number of benzene rings is 2. The summed E-state index contributed by atoms with van der Waals surface area (Å²) in [6, 6.07) is 5.69. The van der Waals surface area contributed by atoms with Crippen LogP contribution in [0.2, 0.25) is 0 Å². The number of nitro benzene ring substituents is 1. The third-order valence-electron chi connectivity index (χ3n) is 3.22. The average Bonchev–Trinajstić information content (AvgIpc) is 2.61. The first-order valence-corrected chi connectivity index (χ1v) is 9.75. The molecule has 148 valence electrons. The van der Waals surface area contributed by atoms with Gasteiger partial charge in [0.15, 0.2) is 18.1 Å². The summed E-state index contributed by atoms with van der Waals surface area (Å²) in [7, 11) is 1.26. The third-order valence-corrected chi connectivity index (χ3v) is 4.86. The van der Waals surface area contributed by atoms with Crippen LogP contribution in [0.4, 0.5) is 5.69 Å². The molecule has 0 aliphatic rings. The van der Waals surface area contributed by atoms with Gasteiger partial charge in [-0.1, -0.05) is 15.9 Å². The lowest BCUT2D eigenvalue weighted by Gasteiger charge is -2.10. The maximum Gasteiger partial charge on any atom is 0.277 e. The van der Waals surface area contributed by atoms with Gasteiger partial charge in [0, 0.05) is 16.1 Å². The fraction of sp³-hybridized carbons (Fsp3) is 0.125. The van der Waals surface area contributed by atoms with Gasteiger partial charge in [0.1, 0.15) is 5.75 Å². The zero-order valence-corrected chi connectivity index (χ0v) is 18.9. The van der Waals surface area contributed by atoms with Gasteiger partial charge in [-0.2, -0.15) is 5.10 Å². The number of carbonyl (C=O) groups is 1. The van der Waals surface area contributed by atoms with E-state index in [2.05, 4.69) is 58.3 Å². The summed E-state index contributed by atoms with van der Waals surface area (Å²) >= 11 is 9.99. The highest BCUT2D eigenvalue weighted by atomic mass is 79.9. The number of aromatic hydroxyl groups is 1. The molecule has 2 aromatic carbocycles. The number of hydrogen-bond acceptors (Lipinski definition) is 7. The van der Waals surface area contributed by atoms with Crippen LogP contribution < -0.4 is 14.9 Å². The number of hydrazone groups is 1. The van der Waals surface area contributed by atoms with Gasteiger partial charge in [-0.15, -0.1) is 0 Å². The molecule has 9 nitrogen and oxygen atoms in total. The Morgan fingerprint density at radius 1 is 1.29 bits per heavy atom. The van der Waals surface area contributed by atoms with E-state index in [1.54, 1.807) is 12.1 Å². The van der Waals surface area contributed by atoms with Gasteiger partial charge in [0.2, 0.25) is 0 Å². The van der Waals surface area contributed by atoms with E-state index in [4.69, 9.17) is 9.47 Å². The molecule has 2 N–H and O–H groups in total. The van der Waals surface area contributed by atoms with Gasteiger partial charge in [0.25, 0.3) is 11.6 Å². The molecule has 0 saturated carbocycles. The van der Waals surface area contributed by atoms with Crippen molar-refractivity contribution in [2.75, 3.05) is 13.7 Å². The average molecular weight is 582 g/mol. The Balaban J connectivity index is 2.04. The van der Waals surface area contributed by atoms with Crippen molar-refractivity contribution < 1.29 is 24.3 Å². The molecule has 0 bridgehead atoms. The molecule has 0 spiro atoms. The van der Waals surface area contributed by atoms with Gasteiger partial charge >= 0.3 is 0 Å². The minimum absolute atomic E-state index is 0.00525. The van der Waals surface area contributed by atoms with E-state index in [-0.39, 0.29) is 29.4 Å². The first kappa shape index (κ1) is 22.1. The van der Waals surface area contributed by atoms with Crippen molar-refractivity contribution in [2.24, 2.45) is 5.10 Å². The molecule has 1 amide bonds. The minimum atomic E-state index is -0.639. The monoisotopic (exact) mass is 579 g/mol. The number of nitrogens with zero attached hydrogens (tertiary/aromatic N) is 2. The van der Waals surface area contributed by atoms with Crippen LogP contribution in [-0.2, 0) is 4.79 Å². The molecule has 0 aromatic heterocycles. The summed E-state index contributed by atoms with van der Waals surface area (Å²) in [4.78, 5) is 22.2. The molecule has 0 radical (unpaired) electrons. The summed E-state index contributed by atoms with van der Waals surface area (Å²) in [5, 5.41) is 24.6. The predicted octanol–water partition coefficient (Wildman–Crippen LogP) is 4.13. The van der Waals surface area contributed by atoms with Crippen LogP contribution in [0.25, 0.3) is 0 Å². The van der Waals surface area contributed by atoms with Crippen molar-refractivity contribution >= 4 is 65.6 Å². The number of ether oxygens (including phenoxy) is 2. The molecular weight excluding hydrogens is 570 g/mol. The van der Waals surface area contributed by atoms with Crippen molar-refractivity contribution in [3.8, 4) is 17.2 Å². The van der Waals surface area contributed by atoms with Crippen LogP contribution in [0.15, 0.2) is 42.8 Å². The molecule has 0 aliphatic heterocycles. The zero-order valence-electron chi connectivity index (χ0n) is 14.1. The largest absolute Gasteiger partial charge is 0.504 e. The second-order valence-corrected chi connectivity index (χ2v) is 7.75. The van der Waals surface area contributed by atoms with Crippen molar-refractivity contribution in [3.63, 3.8) is 0 Å². The van der Waals surface area contributed by atoms with E-state index < -0.39 is 10.8 Å². The van der Waals surface area contributed by atoms with Crippen molar-refractivity contribution in [1.82, 2.24) is 5.43 Å². The minimum Gasteiger partial charge on any atom is -0.504 e. The second kappa shape index (κ2) is 9.85. The Hall–Kier alpha value is -2.18. The molecule has 0 fully saturated rings. The molecule has 0 heterocycles. The number of methoxy groups -OCH3 is 1. The lowest BCUT2D eigenvalue weighted by molar-refractivity contribution is -0.385. The first-order valence-electron chi connectivity index (χ1n) is 7.37. The van der Waals surface area contributed by atoms with Crippen molar-refractivity contribution in [1.29, 1.82) is 0 Å².